The SMILES string of the molecule is O=C(CSCc1cccc(Cl)c1)Nc1ccc2c(c1)C(=O)NC2=O. The van der Waals surface area contributed by atoms with Gasteiger partial charge in [0.2, 0.25) is 5.91 Å². The van der Waals surface area contributed by atoms with Crippen molar-refractivity contribution in [1.82, 2.24) is 5.32 Å². The van der Waals surface area contributed by atoms with E-state index in [-0.39, 0.29) is 17.2 Å². The van der Waals surface area contributed by atoms with Crippen LogP contribution in [0.1, 0.15) is 26.3 Å². The van der Waals surface area contributed by atoms with Crippen LogP contribution in [0.5, 0.6) is 0 Å². The molecular weight excluding hydrogens is 348 g/mol. The van der Waals surface area contributed by atoms with Crippen LogP contribution >= 0.6 is 23.4 Å². The zero-order valence-electron chi connectivity index (χ0n) is 12.5. The van der Waals surface area contributed by atoms with E-state index < -0.39 is 11.8 Å². The Balaban J connectivity index is 1.55. The maximum absolute atomic E-state index is 12.0. The molecule has 1 aliphatic heterocycles. The van der Waals surface area contributed by atoms with E-state index in [0.29, 0.717) is 22.0 Å². The summed E-state index contributed by atoms with van der Waals surface area (Å²) in [6, 6.07) is 12.1. The Hall–Kier alpha value is -2.31. The summed E-state index contributed by atoms with van der Waals surface area (Å²) in [6.45, 7) is 0. The number of nitrogens with one attached hydrogen (secondary N) is 2. The molecule has 0 atom stereocenters. The zero-order valence-corrected chi connectivity index (χ0v) is 14.0. The third-order valence-corrected chi connectivity index (χ3v) is 4.65. The van der Waals surface area contributed by atoms with Gasteiger partial charge in [0, 0.05) is 16.5 Å². The number of amides is 3. The van der Waals surface area contributed by atoms with Gasteiger partial charge in [-0.2, -0.15) is 0 Å². The van der Waals surface area contributed by atoms with Crippen molar-refractivity contribution in [3.63, 3.8) is 0 Å². The van der Waals surface area contributed by atoms with Gasteiger partial charge in [-0.15, -0.1) is 11.8 Å². The molecule has 7 heteroatoms. The van der Waals surface area contributed by atoms with Crippen LogP contribution in [0.15, 0.2) is 42.5 Å². The second-order valence-electron chi connectivity index (χ2n) is 5.21. The van der Waals surface area contributed by atoms with Crippen LogP contribution in [0, 0.1) is 0 Å². The fourth-order valence-corrected chi connectivity index (χ4v) is 3.32. The first-order chi connectivity index (χ1) is 11.5. The summed E-state index contributed by atoms with van der Waals surface area (Å²) in [5, 5.41) is 5.61. The van der Waals surface area contributed by atoms with E-state index in [1.165, 1.54) is 23.9 Å². The second kappa shape index (κ2) is 7.07. The minimum Gasteiger partial charge on any atom is -0.325 e. The lowest BCUT2D eigenvalue weighted by atomic mass is 10.1. The smallest absolute Gasteiger partial charge is 0.259 e. The first-order valence-corrected chi connectivity index (χ1v) is 8.68. The molecule has 0 unspecified atom stereocenters. The Morgan fingerprint density at radius 3 is 2.67 bits per heavy atom. The largest absolute Gasteiger partial charge is 0.325 e. The zero-order chi connectivity index (χ0) is 17.1. The summed E-state index contributed by atoms with van der Waals surface area (Å²) in [6.07, 6.45) is 0. The van der Waals surface area contributed by atoms with Gasteiger partial charge in [0.25, 0.3) is 11.8 Å². The molecule has 122 valence electrons. The molecule has 0 aliphatic carbocycles. The van der Waals surface area contributed by atoms with E-state index in [4.69, 9.17) is 11.6 Å². The molecule has 0 saturated carbocycles. The highest BCUT2D eigenvalue weighted by Crippen LogP contribution is 2.21. The first kappa shape index (κ1) is 16.5. The Bertz CT molecular complexity index is 838. The monoisotopic (exact) mass is 360 g/mol. The Morgan fingerprint density at radius 1 is 1.08 bits per heavy atom. The number of fused-ring (bicyclic) bond motifs is 1. The molecule has 2 aromatic carbocycles. The number of hydrogen-bond donors (Lipinski definition) is 2. The molecule has 1 heterocycles. The van der Waals surface area contributed by atoms with Crippen molar-refractivity contribution in [2.24, 2.45) is 0 Å². The summed E-state index contributed by atoms with van der Waals surface area (Å²) in [4.78, 5) is 35.1. The molecule has 0 bridgehead atoms. The summed E-state index contributed by atoms with van der Waals surface area (Å²) in [5.74, 6) is -0.0813. The Morgan fingerprint density at radius 2 is 1.88 bits per heavy atom. The third-order valence-electron chi connectivity index (χ3n) is 3.41. The highest BCUT2D eigenvalue weighted by Gasteiger charge is 2.26. The van der Waals surface area contributed by atoms with Gasteiger partial charge in [-0.1, -0.05) is 23.7 Å². The molecule has 3 rings (SSSR count). The van der Waals surface area contributed by atoms with Crippen molar-refractivity contribution < 1.29 is 14.4 Å². The van der Waals surface area contributed by atoms with Gasteiger partial charge in [0.05, 0.1) is 16.9 Å². The lowest BCUT2D eigenvalue weighted by Gasteiger charge is -2.06. The fourth-order valence-electron chi connectivity index (χ4n) is 2.33. The van der Waals surface area contributed by atoms with Gasteiger partial charge in [-0.3, -0.25) is 19.7 Å². The van der Waals surface area contributed by atoms with Crippen LogP contribution in [0.4, 0.5) is 5.69 Å². The quantitative estimate of drug-likeness (QED) is 0.803. The van der Waals surface area contributed by atoms with Crippen LogP contribution in [0.2, 0.25) is 5.02 Å². The predicted molar refractivity (Wildman–Crippen MR) is 94.5 cm³/mol. The van der Waals surface area contributed by atoms with Crippen LogP contribution < -0.4 is 10.6 Å². The molecule has 0 aromatic heterocycles. The van der Waals surface area contributed by atoms with Crippen molar-refractivity contribution in [2.75, 3.05) is 11.1 Å². The van der Waals surface area contributed by atoms with Crippen LogP contribution in [0.25, 0.3) is 0 Å². The number of carbonyl (C=O) groups is 3. The van der Waals surface area contributed by atoms with Crippen molar-refractivity contribution in [1.29, 1.82) is 0 Å². The normalized spacial score (nSPS) is 12.7. The summed E-state index contributed by atoms with van der Waals surface area (Å²) < 4.78 is 0. The molecular formula is C17H13ClN2O3S. The minimum absolute atomic E-state index is 0.174. The number of halogens is 1. The third kappa shape index (κ3) is 3.77. The Kier molecular flexibility index (Phi) is 4.87. The average molecular weight is 361 g/mol. The second-order valence-corrected chi connectivity index (χ2v) is 6.64. The fraction of sp³-hybridized carbons (Fsp3) is 0.118. The molecule has 5 nitrogen and oxygen atoms in total. The van der Waals surface area contributed by atoms with E-state index in [1.54, 1.807) is 12.1 Å². The van der Waals surface area contributed by atoms with Gasteiger partial charge in [0.1, 0.15) is 0 Å². The molecule has 0 saturated heterocycles. The molecule has 1 aliphatic rings. The minimum atomic E-state index is -0.443. The van der Waals surface area contributed by atoms with E-state index in [0.717, 1.165) is 5.56 Å². The maximum atomic E-state index is 12.0. The average Bonchev–Trinajstić information content (AvgIpc) is 2.82. The van der Waals surface area contributed by atoms with E-state index in [9.17, 15) is 14.4 Å². The molecule has 0 fully saturated rings. The van der Waals surface area contributed by atoms with Crippen molar-refractivity contribution in [3.8, 4) is 0 Å². The number of benzene rings is 2. The maximum Gasteiger partial charge on any atom is 0.259 e. The summed E-state index contributed by atoms with van der Waals surface area (Å²) >= 11 is 7.38. The number of carbonyl (C=O) groups excluding carboxylic acids is 3. The van der Waals surface area contributed by atoms with Crippen molar-refractivity contribution in [3.05, 3.63) is 64.2 Å². The number of anilines is 1. The molecule has 0 radical (unpaired) electrons. The van der Waals surface area contributed by atoms with Crippen molar-refractivity contribution in [2.45, 2.75) is 5.75 Å². The topological polar surface area (TPSA) is 75.3 Å². The van der Waals surface area contributed by atoms with Crippen LogP contribution in [0.3, 0.4) is 0 Å². The first-order valence-electron chi connectivity index (χ1n) is 7.15. The number of thioether (sulfide) groups is 1. The van der Waals surface area contributed by atoms with E-state index in [2.05, 4.69) is 10.6 Å². The van der Waals surface area contributed by atoms with E-state index in [1.807, 2.05) is 18.2 Å². The molecule has 3 amide bonds. The number of imide groups is 1. The predicted octanol–water partition coefficient (Wildman–Crippen LogP) is 3.10. The number of hydrogen-bond acceptors (Lipinski definition) is 4. The molecule has 0 spiro atoms. The molecule has 2 aromatic rings. The van der Waals surface area contributed by atoms with Crippen LogP contribution in [-0.2, 0) is 10.5 Å². The molecule has 2 N–H and O–H groups in total. The Labute approximate surface area is 147 Å². The van der Waals surface area contributed by atoms with Gasteiger partial charge in [-0.05, 0) is 35.9 Å². The summed E-state index contributed by atoms with van der Waals surface area (Å²) in [7, 11) is 0. The lowest BCUT2D eigenvalue weighted by Crippen LogP contribution is -2.19. The van der Waals surface area contributed by atoms with Gasteiger partial charge < -0.3 is 5.32 Å². The van der Waals surface area contributed by atoms with Gasteiger partial charge >= 0.3 is 0 Å². The van der Waals surface area contributed by atoms with E-state index >= 15 is 0 Å². The standard InChI is InChI=1S/C17H13ClN2O3S/c18-11-3-1-2-10(6-11)8-24-9-15(21)19-12-4-5-13-14(7-12)17(23)20-16(13)22/h1-7H,8-9H2,(H,19,21)(H,20,22,23). The van der Waals surface area contributed by atoms with Gasteiger partial charge in [0.15, 0.2) is 0 Å². The lowest BCUT2D eigenvalue weighted by molar-refractivity contribution is -0.113. The van der Waals surface area contributed by atoms with Crippen molar-refractivity contribution >= 4 is 46.8 Å². The number of rotatable bonds is 5. The van der Waals surface area contributed by atoms with Gasteiger partial charge in [-0.25, -0.2) is 0 Å². The highest BCUT2D eigenvalue weighted by molar-refractivity contribution is 7.99. The van der Waals surface area contributed by atoms with Crippen LogP contribution in [-0.4, -0.2) is 23.5 Å². The highest BCUT2D eigenvalue weighted by atomic mass is 35.5. The molecule has 24 heavy (non-hydrogen) atoms. The summed E-state index contributed by atoms with van der Waals surface area (Å²) in [5.41, 5.74) is 2.15.